The third-order valence-electron chi connectivity index (χ3n) is 11.5. The van der Waals surface area contributed by atoms with Crippen molar-refractivity contribution in [3.8, 4) is 0 Å². The highest BCUT2D eigenvalue weighted by Crippen LogP contribution is 2.43. The highest BCUT2D eigenvalue weighted by atomic mass is 31.2. The van der Waals surface area contributed by atoms with Gasteiger partial charge in [0.25, 0.3) is 0 Å². The fourth-order valence-corrected chi connectivity index (χ4v) is 8.32. The number of phosphoric acid groups is 1. The Hall–Kier alpha value is -1.29. The predicted molar refractivity (Wildman–Crippen MR) is 254 cm³/mol. The molecule has 0 aromatic carbocycles. The molecule has 11 heteroatoms. The van der Waals surface area contributed by atoms with Crippen molar-refractivity contribution in [2.24, 2.45) is 5.73 Å². The molecule has 0 saturated carbocycles. The van der Waals surface area contributed by atoms with E-state index in [4.69, 9.17) is 29.4 Å². The maximum atomic E-state index is 12.7. The summed E-state index contributed by atoms with van der Waals surface area (Å²) in [5, 5.41) is 8.92. The van der Waals surface area contributed by atoms with Crippen molar-refractivity contribution in [2.75, 3.05) is 26.4 Å². The van der Waals surface area contributed by atoms with Gasteiger partial charge >= 0.3 is 19.8 Å². The number of esters is 1. The van der Waals surface area contributed by atoms with Crippen LogP contribution < -0.4 is 5.73 Å². The third kappa shape index (κ3) is 46.5. The van der Waals surface area contributed by atoms with E-state index < -0.39 is 45.1 Å². The van der Waals surface area contributed by atoms with Crippen LogP contribution in [0.25, 0.3) is 0 Å². The Morgan fingerprint density at radius 2 is 0.852 bits per heavy atom. The van der Waals surface area contributed by atoms with Gasteiger partial charge in [-0.3, -0.25) is 18.6 Å². The first kappa shape index (κ1) is 59.7. The summed E-state index contributed by atoms with van der Waals surface area (Å²) in [5.74, 6) is -1.78. The molecule has 0 heterocycles. The van der Waals surface area contributed by atoms with E-state index >= 15 is 0 Å². The number of hydrogen-bond acceptors (Lipinski definition) is 8. The largest absolute Gasteiger partial charge is 0.480 e. The van der Waals surface area contributed by atoms with Crippen LogP contribution in [0.4, 0.5) is 0 Å². The van der Waals surface area contributed by atoms with Crippen LogP contribution in [0.1, 0.15) is 258 Å². The van der Waals surface area contributed by atoms with Gasteiger partial charge in [0, 0.05) is 13.0 Å². The molecule has 10 nitrogen and oxygen atoms in total. The van der Waals surface area contributed by atoms with Crippen molar-refractivity contribution >= 4 is 19.8 Å². The van der Waals surface area contributed by atoms with Crippen molar-refractivity contribution < 1.29 is 42.7 Å². The van der Waals surface area contributed by atoms with Gasteiger partial charge < -0.3 is 25.2 Å². The van der Waals surface area contributed by atoms with E-state index in [9.17, 15) is 19.0 Å². The number of allylic oxidation sites excluding steroid dienone is 2. The Kier molecular flexibility index (Phi) is 45.7. The molecule has 0 aliphatic rings. The number of carboxylic acid groups (broad SMARTS) is 1. The SMILES string of the molecule is CCCCCCCC/C=C\CCCCCCCC(=O)OC(COCCCCCCCCCCCCCCCCCCCCCCCCCC)COP(=O)(O)OCC(N)C(=O)O. The highest BCUT2D eigenvalue weighted by molar-refractivity contribution is 7.47. The molecular weight excluding hydrogens is 790 g/mol. The number of aliphatic carboxylic acids is 1. The lowest BCUT2D eigenvalue weighted by Crippen LogP contribution is -2.34. The second-order valence-electron chi connectivity index (χ2n) is 17.7. The van der Waals surface area contributed by atoms with Crippen LogP contribution in [-0.4, -0.2) is 60.5 Å². The van der Waals surface area contributed by atoms with Crippen molar-refractivity contribution in [1.29, 1.82) is 0 Å². The van der Waals surface area contributed by atoms with Gasteiger partial charge in [-0.15, -0.1) is 0 Å². The predicted octanol–water partition coefficient (Wildman–Crippen LogP) is 14.9. The average molecular weight is 888 g/mol. The number of ether oxygens (including phenoxy) is 2. The van der Waals surface area contributed by atoms with Crippen molar-refractivity contribution in [3.63, 3.8) is 0 Å². The van der Waals surface area contributed by atoms with Gasteiger partial charge in [-0.2, -0.15) is 0 Å². The first-order valence-corrected chi connectivity index (χ1v) is 27.2. The molecule has 0 fully saturated rings. The van der Waals surface area contributed by atoms with Crippen LogP contribution >= 0.6 is 7.82 Å². The molecule has 0 saturated heterocycles. The Bertz CT molecular complexity index is 1030. The van der Waals surface area contributed by atoms with E-state index in [0.717, 1.165) is 51.4 Å². The van der Waals surface area contributed by atoms with Gasteiger partial charge in [0.1, 0.15) is 12.1 Å². The normalized spacial score (nSPS) is 13.8. The number of rotatable bonds is 50. The van der Waals surface area contributed by atoms with E-state index in [2.05, 4.69) is 26.0 Å². The fourth-order valence-electron chi connectivity index (χ4n) is 7.54. The summed E-state index contributed by atoms with van der Waals surface area (Å²) in [6.07, 6.45) is 51.3. The van der Waals surface area contributed by atoms with Crippen LogP contribution in [0.15, 0.2) is 12.2 Å². The van der Waals surface area contributed by atoms with E-state index in [-0.39, 0.29) is 13.0 Å². The molecule has 0 aromatic heterocycles. The van der Waals surface area contributed by atoms with Gasteiger partial charge in [0.05, 0.1) is 19.8 Å². The average Bonchev–Trinajstić information content (AvgIpc) is 3.24. The van der Waals surface area contributed by atoms with Crippen molar-refractivity contribution in [3.05, 3.63) is 12.2 Å². The zero-order chi connectivity index (χ0) is 44.8. The lowest BCUT2D eigenvalue weighted by molar-refractivity contribution is -0.154. The van der Waals surface area contributed by atoms with E-state index in [1.807, 2.05) is 0 Å². The highest BCUT2D eigenvalue weighted by Gasteiger charge is 2.27. The van der Waals surface area contributed by atoms with Crippen molar-refractivity contribution in [2.45, 2.75) is 270 Å². The first-order chi connectivity index (χ1) is 29.7. The molecule has 0 spiro atoms. The van der Waals surface area contributed by atoms with Crippen LogP contribution in [0.2, 0.25) is 0 Å². The Morgan fingerprint density at radius 1 is 0.508 bits per heavy atom. The standard InChI is InChI=1S/C50H98NO9P/c1-3-5-7-9-11-13-15-17-19-20-21-22-23-24-25-26-27-29-31-33-35-37-39-41-43-57-44-47(45-58-61(55,56)59-46-48(51)50(53)54)60-49(52)42-40-38-36-34-32-30-28-18-16-14-12-10-8-6-4-2/h18,28,47-48H,3-17,19-27,29-46,51H2,1-2H3,(H,53,54)(H,55,56)/b28-18-. The molecule has 0 rings (SSSR count). The summed E-state index contributed by atoms with van der Waals surface area (Å²) in [6.45, 7) is 3.92. The maximum Gasteiger partial charge on any atom is 0.472 e. The molecule has 0 radical (unpaired) electrons. The van der Waals surface area contributed by atoms with Crippen LogP contribution in [-0.2, 0) is 32.7 Å². The second-order valence-corrected chi connectivity index (χ2v) is 19.1. The zero-order valence-corrected chi connectivity index (χ0v) is 40.7. The van der Waals surface area contributed by atoms with Gasteiger partial charge in [-0.1, -0.05) is 225 Å². The Balaban J connectivity index is 4.05. The Morgan fingerprint density at radius 3 is 1.25 bits per heavy atom. The summed E-state index contributed by atoms with van der Waals surface area (Å²) in [6, 6.07) is -1.47. The number of carboxylic acids is 1. The quantitative estimate of drug-likeness (QED) is 0.0233. The summed E-state index contributed by atoms with van der Waals surface area (Å²) >= 11 is 0. The van der Waals surface area contributed by atoms with Gasteiger partial charge in [-0.05, 0) is 38.5 Å². The monoisotopic (exact) mass is 888 g/mol. The van der Waals surface area contributed by atoms with Crippen LogP contribution in [0, 0.1) is 0 Å². The molecule has 61 heavy (non-hydrogen) atoms. The maximum absolute atomic E-state index is 12.7. The van der Waals surface area contributed by atoms with Crippen molar-refractivity contribution in [1.82, 2.24) is 0 Å². The van der Waals surface area contributed by atoms with Crippen LogP contribution in [0.5, 0.6) is 0 Å². The summed E-state index contributed by atoms with van der Waals surface area (Å²) < 4.78 is 33.5. The zero-order valence-electron chi connectivity index (χ0n) is 39.8. The van der Waals surface area contributed by atoms with Crippen LogP contribution in [0.3, 0.4) is 0 Å². The third-order valence-corrected chi connectivity index (χ3v) is 12.5. The summed E-state index contributed by atoms with van der Waals surface area (Å²) in [5.41, 5.74) is 5.37. The summed E-state index contributed by atoms with van der Waals surface area (Å²) in [7, 11) is -4.62. The molecule has 362 valence electrons. The van der Waals surface area contributed by atoms with Gasteiger partial charge in [-0.25, -0.2) is 4.57 Å². The molecule has 0 aliphatic carbocycles. The molecule has 0 aliphatic heterocycles. The number of carbonyl (C=O) groups excluding carboxylic acids is 1. The minimum Gasteiger partial charge on any atom is -0.480 e. The minimum atomic E-state index is -4.62. The Labute approximate surface area is 375 Å². The number of phosphoric ester groups is 1. The lowest BCUT2D eigenvalue weighted by atomic mass is 10.0. The molecule has 0 bridgehead atoms. The molecular formula is C50H98NO9P. The summed E-state index contributed by atoms with van der Waals surface area (Å²) in [4.78, 5) is 33.6. The molecule has 3 unspecified atom stereocenters. The topological polar surface area (TPSA) is 155 Å². The second kappa shape index (κ2) is 46.7. The smallest absolute Gasteiger partial charge is 0.472 e. The minimum absolute atomic E-state index is 0.0200. The number of unbranched alkanes of at least 4 members (excludes halogenated alkanes) is 34. The van der Waals surface area contributed by atoms with E-state index in [1.54, 1.807) is 0 Å². The van der Waals surface area contributed by atoms with Gasteiger partial charge in [0.2, 0.25) is 0 Å². The molecule has 0 aromatic rings. The van der Waals surface area contributed by atoms with E-state index in [1.165, 1.54) is 180 Å². The molecule has 0 amide bonds. The molecule has 4 N–H and O–H groups in total. The number of nitrogens with two attached hydrogens (primary N) is 1. The van der Waals surface area contributed by atoms with E-state index in [0.29, 0.717) is 13.0 Å². The lowest BCUT2D eigenvalue weighted by Gasteiger charge is -2.20. The van der Waals surface area contributed by atoms with Gasteiger partial charge in [0.15, 0.2) is 0 Å². The number of hydrogen-bond donors (Lipinski definition) is 3. The fraction of sp³-hybridized carbons (Fsp3) is 0.920. The molecule has 3 atom stereocenters. The number of carbonyl (C=O) groups is 2. The first-order valence-electron chi connectivity index (χ1n) is 25.7.